The first-order valence-corrected chi connectivity index (χ1v) is 10.6. The second kappa shape index (κ2) is 10.4. The van der Waals surface area contributed by atoms with E-state index in [2.05, 4.69) is 51.8 Å². The molecule has 2 aliphatic rings. The van der Waals surface area contributed by atoms with Crippen LogP contribution in [0.3, 0.4) is 0 Å². The van der Waals surface area contributed by atoms with Crippen LogP contribution in [0, 0.1) is 18.3 Å². The summed E-state index contributed by atoms with van der Waals surface area (Å²) in [6, 6.07) is 9.78. The van der Waals surface area contributed by atoms with Crippen LogP contribution in [-0.4, -0.2) is 68.2 Å². The molecule has 2 N–H and O–H groups in total. The molecule has 31 heavy (non-hydrogen) atoms. The van der Waals surface area contributed by atoms with Crippen LogP contribution in [0.2, 0.25) is 0 Å². The molecule has 2 bridgehead atoms. The zero-order valence-corrected chi connectivity index (χ0v) is 17.7. The number of benzene rings is 1. The number of carboxylic acid groups (broad SMARTS) is 2. The van der Waals surface area contributed by atoms with Gasteiger partial charge in [-0.1, -0.05) is 31.0 Å². The molecule has 2 fully saturated rings. The predicted octanol–water partition coefficient (Wildman–Crippen LogP) is 2.47. The van der Waals surface area contributed by atoms with Crippen molar-refractivity contribution in [2.75, 3.05) is 13.2 Å². The minimum absolute atomic E-state index is 0.357. The number of terminal acetylenes is 1. The fourth-order valence-corrected chi connectivity index (χ4v) is 4.71. The summed E-state index contributed by atoms with van der Waals surface area (Å²) in [6.45, 7) is 4.91. The van der Waals surface area contributed by atoms with Crippen molar-refractivity contribution in [1.82, 2.24) is 14.7 Å². The fraction of sp³-hybridized carbons (Fsp3) is 0.522. The summed E-state index contributed by atoms with van der Waals surface area (Å²) in [5, 5.41) is 20.6. The van der Waals surface area contributed by atoms with Gasteiger partial charge in [-0.15, -0.1) is 6.42 Å². The van der Waals surface area contributed by atoms with Crippen LogP contribution in [0.5, 0.6) is 0 Å². The Morgan fingerprint density at radius 1 is 1.19 bits per heavy atom. The van der Waals surface area contributed by atoms with Crippen molar-refractivity contribution >= 4 is 22.8 Å². The first kappa shape index (κ1) is 22.8. The highest BCUT2D eigenvalue weighted by Gasteiger charge is 2.41. The van der Waals surface area contributed by atoms with Crippen LogP contribution >= 0.6 is 0 Å². The van der Waals surface area contributed by atoms with Crippen molar-refractivity contribution < 1.29 is 24.5 Å². The third-order valence-corrected chi connectivity index (χ3v) is 5.98. The van der Waals surface area contributed by atoms with Gasteiger partial charge in [0.05, 0.1) is 17.8 Å². The molecular weight excluding hydrogens is 398 g/mol. The Balaban J connectivity index is 0.000000401. The Bertz CT molecular complexity index is 924. The van der Waals surface area contributed by atoms with E-state index in [1.165, 1.54) is 23.7 Å². The van der Waals surface area contributed by atoms with Gasteiger partial charge in [0, 0.05) is 30.6 Å². The van der Waals surface area contributed by atoms with Crippen molar-refractivity contribution in [2.24, 2.45) is 5.92 Å². The fourth-order valence-electron chi connectivity index (χ4n) is 4.71. The average Bonchev–Trinajstić information content (AvgIpc) is 3.23. The molecule has 1 aromatic carbocycles. The number of nitrogens with zero attached hydrogens (tertiary/aromatic N) is 3. The molecule has 2 saturated heterocycles. The number of fused-ring (bicyclic) bond motifs is 3. The smallest absolute Gasteiger partial charge is 0.414 e. The van der Waals surface area contributed by atoms with Crippen molar-refractivity contribution in [1.29, 1.82) is 0 Å². The molecule has 8 heteroatoms. The van der Waals surface area contributed by atoms with Gasteiger partial charge in [0.1, 0.15) is 6.61 Å². The number of piperidine rings is 1. The predicted molar refractivity (Wildman–Crippen MR) is 115 cm³/mol. The number of carboxylic acids is 2. The summed E-state index contributed by atoms with van der Waals surface area (Å²) < 4.78 is 7.98. The van der Waals surface area contributed by atoms with E-state index in [9.17, 15) is 0 Å². The second-order valence-corrected chi connectivity index (χ2v) is 8.29. The molecule has 1 aromatic heterocycles. The number of carbonyl (C=O) groups is 2. The normalized spacial score (nSPS) is 23.5. The minimum atomic E-state index is -1.82. The van der Waals surface area contributed by atoms with Crippen molar-refractivity contribution in [3.05, 3.63) is 30.5 Å². The van der Waals surface area contributed by atoms with Crippen LogP contribution in [0.4, 0.5) is 0 Å². The zero-order chi connectivity index (χ0) is 22.4. The molecule has 0 amide bonds. The number of aromatic nitrogens is 2. The summed E-state index contributed by atoms with van der Waals surface area (Å²) in [5.74, 6) is -0.468. The Hall–Kier alpha value is -2.89. The van der Waals surface area contributed by atoms with Gasteiger partial charge in [0.15, 0.2) is 0 Å². The third kappa shape index (κ3) is 5.84. The molecule has 4 rings (SSSR count). The third-order valence-electron chi connectivity index (χ3n) is 5.98. The summed E-state index contributed by atoms with van der Waals surface area (Å²) in [7, 11) is 0. The first-order valence-electron chi connectivity index (χ1n) is 10.6. The highest BCUT2D eigenvalue weighted by Crippen LogP contribution is 2.37. The van der Waals surface area contributed by atoms with Gasteiger partial charge in [0.25, 0.3) is 0 Å². The molecular formula is C23H29N3O5. The summed E-state index contributed by atoms with van der Waals surface area (Å²) in [6.07, 6.45) is 12.5. The second-order valence-electron chi connectivity index (χ2n) is 8.29. The van der Waals surface area contributed by atoms with Crippen molar-refractivity contribution in [3.63, 3.8) is 0 Å². The summed E-state index contributed by atoms with van der Waals surface area (Å²) >= 11 is 0. The number of hydrogen-bond acceptors (Lipinski definition) is 5. The molecule has 2 aliphatic heterocycles. The molecule has 0 aliphatic carbocycles. The van der Waals surface area contributed by atoms with Gasteiger partial charge in [0.2, 0.25) is 0 Å². The zero-order valence-electron chi connectivity index (χ0n) is 17.7. The van der Waals surface area contributed by atoms with E-state index in [1.54, 1.807) is 0 Å². The maximum atomic E-state index is 9.10. The number of aliphatic carboxylic acids is 2. The summed E-state index contributed by atoms with van der Waals surface area (Å²) in [4.78, 5) is 20.9. The van der Waals surface area contributed by atoms with Crippen LogP contribution in [0.1, 0.15) is 32.6 Å². The SMILES string of the molecule is C#CCO[C@H]1C[C@H]2CC[C@@H](C1)N2C[C@@H](C)Cn1ncc2ccccc21.O=C(O)C(=O)O. The minimum Gasteiger partial charge on any atom is -0.473 e. The maximum absolute atomic E-state index is 9.10. The van der Waals surface area contributed by atoms with Crippen molar-refractivity contribution in [3.8, 4) is 12.3 Å². The molecule has 0 unspecified atom stereocenters. The monoisotopic (exact) mass is 427 g/mol. The Morgan fingerprint density at radius 2 is 1.84 bits per heavy atom. The Labute approximate surface area is 181 Å². The Kier molecular flexibility index (Phi) is 7.66. The topological polar surface area (TPSA) is 105 Å². The molecule has 8 nitrogen and oxygen atoms in total. The maximum Gasteiger partial charge on any atom is 0.414 e. The lowest BCUT2D eigenvalue weighted by Gasteiger charge is -2.40. The molecule has 4 atom stereocenters. The Morgan fingerprint density at radius 3 is 2.45 bits per heavy atom. The van der Waals surface area contributed by atoms with Crippen LogP contribution in [-0.2, 0) is 20.9 Å². The van der Waals surface area contributed by atoms with E-state index in [4.69, 9.17) is 31.0 Å². The number of rotatable bonds is 6. The molecule has 0 spiro atoms. The van der Waals surface area contributed by atoms with E-state index >= 15 is 0 Å². The van der Waals surface area contributed by atoms with E-state index in [0.717, 1.165) is 25.9 Å². The largest absolute Gasteiger partial charge is 0.473 e. The van der Waals surface area contributed by atoms with E-state index < -0.39 is 11.9 Å². The van der Waals surface area contributed by atoms with Crippen LogP contribution < -0.4 is 0 Å². The number of hydrogen-bond donors (Lipinski definition) is 2. The number of ether oxygens (including phenoxy) is 1. The van der Waals surface area contributed by atoms with E-state index in [1.807, 2.05) is 6.20 Å². The van der Waals surface area contributed by atoms with Gasteiger partial charge in [-0.3, -0.25) is 9.58 Å². The van der Waals surface area contributed by atoms with Crippen LogP contribution in [0.25, 0.3) is 10.9 Å². The highest BCUT2D eigenvalue weighted by molar-refractivity contribution is 6.27. The van der Waals surface area contributed by atoms with Gasteiger partial charge >= 0.3 is 11.9 Å². The van der Waals surface area contributed by atoms with Gasteiger partial charge in [-0.25, -0.2) is 9.59 Å². The van der Waals surface area contributed by atoms with Crippen LogP contribution in [0.15, 0.2) is 30.5 Å². The standard InChI is InChI=1S/C21H27N3O.C2H2O4/c1-3-10-25-20-11-18-8-9-19(12-20)23(18)14-16(2)15-24-21-7-5-4-6-17(21)13-22-24;3-1(4)2(5)6/h1,4-7,13,16,18-20H,8-12,14-15H2,2H3;(H,3,4)(H,5,6)/t16-,18-,19+,20+;/m1./s1. The van der Waals surface area contributed by atoms with Crippen molar-refractivity contribution in [2.45, 2.75) is 57.3 Å². The first-order chi connectivity index (χ1) is 14.9. The molecule has 3 heterocycles. The highest BCUT2D eigenvalue weighted by atomic mass is 16.5. The van der Waals surface area contributed by atoms with E-state index in [0.29, 0.717) is 30.7 Å². The van der Waals surface area contributed by atoms with Gasteiger partial charge in [-0.2, -0.15) is 5.10 Å². The van der Waals surface area contributed by atoms with Gasteiger partial charge in [-0.05, 0) is 37.7 Å². The van der Waals surface area contributed by atoms with E-state index in [-0.39, 0.29) is 0 Å². The summed E-state index contributed by atoms with van der Waals surface area (Å²) in [5.41, 5.74) is 1.23. The quantitative estimate of drug-likeness (QED) is 0.539. The van der Waals surface area contributed by atoms with Gasteiger partial charge < -0.3 is 14.9 Å². The molecule has 0 saturated carbocycles. The average molecular weight is 428 g/mol. The lowest BCUT2D eigenvalue weighted by atomic mass is 9.98. The number of para-hydroxylation sites is 1. The lowest BCUT2D eigenvalue weighted by Crippen LogP contribution is -2.47. The lowest BCUT2D eigenvalue weighted by molar-refractivity contribution is -0.159. The molecule has 0 radical (unpaired) electrons. The molecule has 2 aromatic rings. The molecule has 166 valence electrons.